The molecule has 4 aromatic carbocycles. The van der Waals surface area contributed by atoms with Gasteiger partial charge in [-0.1, -0.05) is 47.0 Å². The Morgan fingerprint density at radius 2 is 1.52 bits per heavy atom. The zero-order valence-electron chi connectivity index (χ0n) is 24.3. The summed E-state index contributed by atoms with van der Waals surface area (Å²) in [5, 5.41) is 6.91. The van der Waals surface area contributed by atoms with Gasteiger partial charge in [0.25, 0.3) is 21.8 Å². The summed E-state index contributed by atoms with van der Waals surface area (Å²) in [7, 11) is -2.69. The van der Waals surface area contributed by atoms with Crippen LogP contribution in [0.4, 0.5) is 11.4 Å². The summed E-state index contributed by atoms with van der Waals surface area (Å²) >= 11 is 6.26. The molecule has 0 aliphatic rings. The second kappa shape index (κ2) is 14.5. The number of benzene rings is 4. The van der Waals surface area contributed by atoms with Crippen molar-refractivity contribution >= 4 is 51.0 Å². The monoisotopic (exact) mass is 634 g/mol. The molecule has 0 atom stereocenters. The number of sulfonamides is 1. The molecule has 0 fully saturated rings. The van der Waals surface area contributed by atoms with Crippen molar-refractivity contribution in [2.75, 3.05) is 29.9 Å². The van der Waals surface area contributed by atoms with E-state index in [1.54, 1.807) is 36.4 Å². The fourth-order valence-electron chi connectivity index (χ4n) is 3.94. The van der Waals surface area contributed by atoms with E-state index >= 15 is 0 Å². The highest BCUT2D eigenvalue weighted by molar-refractivity contribution is 7.92. The Labute approximate surface area is 261 Å². The van der Waals surface area contributed by atoms with Gasteiger partial charge in [0.05, 0.1) is 28.9 Å². The van der Waals surface area contributed by atoms with Gasteiger partial charge in [-0.2, -0.15) is 5.10 Å². The fourth-order valence-corrected chi connectivity index (χ4v) is 5.61. The lowest BCUT2D eigenvalue weighted by Gasteiger charge is -2.24. The molecule has 0 aliphatic carbocycles. The number of methoxy groups -OCH3 is 1. The van der Waals surface area contributed by atoms with Crippen LogP contribution in [0.3, 0.4) is 0 Å². The van der Waals surface area contributed by atoms with E-state index in [1.807, 2.05) is 38.1 Å². The molecule has 0 radical (unpaired) electrons. The first kappa shape index (κ1) is 32.1. The number of hydrazone groups is 1. The molecule has 0 saturated heterocycles. The summed E-state index contributed by atoms with van der Waals surface area (Å²) < 4.78 is 38.8. The second-order valence-electron chi connectivity index (χ2n) is 9.71. The minimum absolute atomic E-state index is 0.0151. The average molecular weight is 635 g/mol. The lowest BCUT2D eigenvalue weighted by molar-refractivity contribution is -0.119. The van der Waals surface area contributed by atoms with Crippen molar-refractivity contribution in [2.45, 2.75) is 18.7 Å². The van der Waals surface area contributed by atoms with Crippen molar-refractivity contribution < 1.29 is 27.5 Å². The summed E-state index contributed by atoms with van der Waals surface area (Å²) in [5.74, 6) is -0.139. The number of carbonyl (C=O) groups excluding carboxylic acids is 2. The molecule has 228 valence electrons. The lowest BCUT2D eigenvalue weighted by Crippen LogP contribution is -2.39. The quantitative estimate of drug-likeness (QED) is 0.160. The Bertz CT molecular complexity index is 1740. The molecule has 0 bridgehead atoms. The maximum Gasteiger partial charge on any atom is 0.264 e. The van der Waals surface area contributed by atoms with Gasteiger partial charge in [-0.05, 0) is 86.1 Å². The van der Waals surface area contributed by atoms with E-state index in [9.17, 15) is 18.0 Å². The van der Waals surface area contributed by atoms with Crippen LogP contribution >= 0.6 is 11.6 Å². The maximum absolute atomic E-state index is 13.6. The van der Waals surface area contributed by atoms with Crippen LogP contribution in [0, 0.1) is 13.8 Å². The number of halogens is 1. The molecular weight excluding hydrogens is 604 g/mol. The van der Waals surface area contributed by atoms with Gasteiger partial charge in [-0.15, -0.1) is 0 Å². The standard InChI is InChI=1S/C32H31ClN4O6S/c1-22-4-10-25(11-5-22)35-32(39)21-43-27-13-8-24(9-14-27)19-34-36-31(38)20-37(26-12-17-30(42-3)29(33)18-26)44(40,41)28-15-6-23(2)7-16-28/h4-19H,20-21H2,1-3H3,(H,35,39)(H,36,38)/b34-19-. The van der Waals surface area contributed by atoms with Crippen LogP contribution in [-0.2, 0) is 19.6 Å². The Balaban J connectivity index is 1.38. The summed E-state index contributed by atoms with van der Waals surface area (Å²) in [5.41, 5.74) is 5.84. The van der Waals surface area contributed by atoms with Crippen molar-refractivity contribution in [1.29, 1.82) is 0 Å². The van der Waals surface area contributed by atoms with E-state index < -0.39 is 22.5 Å². The zero-order chi connectivity index (χ0) is 31.7. The third-order valence-corrected chi connectivity index (χ3v) is 8.39. The summed E-state index contributed by atoms with van der Waals surface area (Å²) in [6.07, 6.45) is 1.40. The molecule has 0 unspecified atom stereocenters. The van der Waals surface area contributed by atoms with Gasteiger partial charge < -0.3 is 14.8 Å². The lowest BCUT2D eigenvalue weighted by atomic mass is 10.2. The molecule has 2 amide bonds. The first-order valence-corrected chi connectivity index (χ1v) is 15.2. The fraction of sp³-hybridized carbons (Fsp3) is 0.156. The molecular formula is C32H31ClN4O6S. The number of hydrogen-bond acceptors (Lipinski definition) is 7. The van der Waals surface area contributed by atoms with E-state index in [0.717, 1.165) is 15.4 Å². The Morgan fingerprint density at radius 1 is 0.886 bits per heavy atom. The summed E-state index contributed by atoms with van der Waals surface area (Å²) in [4.78, 5) is 25.0. The van der Waals surface area contributed by atoms with E-state index in [1.165, 1.54) is 43.7 Å². The predicted molar refractivity (Wildman–Crippen MR) is 171 cm³/mol. The zero-order valence-corrected chi connectivity index (χ0v) is 25.9. The predicted octanol–water partition coefficient (Wildman–Crippen LogP) is 5.33. The van der Waals surface area contributed by atoms with Crippen molar-refractivity contribution in [3.8, 4) is 11.5 Å². The average Bonchev–Trinajstić information content (AvgIpc) is 3.01. The van der Waals surface area contributed by atoms with Crippen LogP contribution in [0.2, 0.25) is 5.02 Å². The second-order valence-corrected chi connectivity index (χ2v) is 12.0. The van der Waals surface area contributed by atoms with Gasteiger partial charge in [0.1, 0.15) is 18.0 Å². The van der Waals surface area contributed by atoms with Crippen LogP contribution in [-0.4, -0.2) is 46.7 Å². The van der Waals surface area contributed by atoms with Gasteiger partial charge in [0.15, 0.2) is 6.61 Å². The highest BCUT2D eigenvalue weighted by Gasteiger charge is 2.28. The third-order valence-electron chi connectivity index (χ3n) is 6.31. The number of rotatable bonds is 12. The minimum Gasteiger partial charge on any atom is -0.495 e. The Hall–Kier alpha value is -4.87. The number of nitrogens with one attached hydrogen (secondary N) is 2. The molecule has 0 aliphatic heterocycles. The van der Waals surface area contributed by atoms with Crippen LogP contribution in [0.25, 0.3) is 0 Å². The van der Waals surface area contributed by atoms with E-state index in [2.05, 4.69) is 15.8 Å². The molecule has 0 spiro atoms. The number of nitrogens with zero attached hydrogens (tertiary/aromatic N) is 2. The van der Waals surface area contributed by atoms with Crippen molar-refractivity contribution in [1.82, 2.24) is 5.43 Å². The molecule has 0 saturated carbocycles. The molecule has 0 aromatic heterocycles. The normalized spacial score (nSPS) is 11.2. The number of carbonyl (C=O) groups is 2. The first-order chi connectivity index (χ1) is 21.0. The Morgan fingerprint density at radius 3 is 2.14 bits per heavy atom. The summed E-state index contributed by atoms with van der Waals surface area (Å²) in [6, 6.07) is 24.9. The van der Waals surface area contributed by atoms with Crippen LogP contribution in [0.1, 0.15) is 16.7 Å². The molecule has 12 heteroatoms. The number of amides is 2. The number of anilines is 2. The van der Waals surface area contributed by atoms with Gasteiger partial charge in [-0.3, -0.25) is 13.9 Å². The first-order valence-electron chi connectivity index (χ1n) is 13.4. The Kier molecular flexibility index (Phi) is 10.6. The van der Waals surface area contributed by atoms with Gasteiger partial charge in [0.2, 0.25) is 0 Å². The van der Waals surface area contributed by atoms with Crippen LogP contribution in [0.15, 0.2) is 101 Å². The molecule has 0 heterocycles. The largest absolute Gasteiger partial charge is 0.495 e. The van der Waals surface area contributed by atoms with Crippen molar-refractivity contribution in [3.05, 3.63) is 113 Å². The number of ether oxygens (including phenoxy) is 2. The molecule has 4 rings (SSSR count). The van der Waals surface area contributed by atoms with Gasteiger partial charge in [0, 0.05) is 5.69 Å². The summed E-state index contributed by atoms with van der Waals surface area (Å²) in [6.45, 7) is 3.08. The molecule has 4 aromatic rings. The van der Waals surface area contributed by atoms with Gasteiger partial charge >= 0.3 is 0 Å². The number of aryl methyl sites for hydroxylation is 2. The molecule has 2 N–H and O–H groups in total. The molecule has 10 nitrogen and oxygen atoms in total. The minimum atomic E-state index is -4.14. The van der Waals surface area contributed by atoms with Crippen LogP contribution < -0.4 is 24.5 Å². The number of hydrogen-bond donors (Lipinski definition) is 2. The van der Waals surface area contributed by atoms with Crippen molar-refractivity contribution in [2.24, 2.45) is 5.10 Å². The van der Waals surface area contributed by atoms with E-state index in [0.29, 0.717) is 22.7 Å². The highest BCUT2D eigenvalue weighted by atomic mass is 35.5. The maximum atomic E-state index is 13.6. The van der Waals surface area contributed by atoms with E-state index in [-0.39, 0.29) is 28.1 Å². The molecule has 44 heavy (non-hydrogen) atoms. The smallest absolute Gasteiger partial charge is 0.264 e. The van der Waals surface area contributed by atoms with Crippen molar-refractivity contribution in [3.63, 3.8) is 0 Å². The topological polar surface area (TPSA) is 126 Å². The SMILES string of the molecule is COc1ccc(N(CC(=O)N/N=C\c2ccc(OCC(=O)Nc3ccc(C)cc3)cc2)S(=O)(=O)c2ccc(C)cc2)cc1Cl. The van der Waals surface area contributed by atoms with Gasteiger partial charge in [-0.25, -0.2) is 13.8 Å². The van der Waals surface area contributed by atoms with E-state index in [4.69, 9.17) is 21.1 Å². The van der Waals surface area contributed by atoms with Crippen LogP contribution in [0.5, 0.6) is 11.5 Å². The third kappa shape index (κ3) is 8.59. The highest BCUT2D eigenvalue weighted by Crippen LogP contribution is 2.32.